The van der Waals surface area contributed by atoms with Crippen molar-refractivity contribution in [1.29, 1.82) is 0 Å². The van der Waals surface area contributed by atoms with E-state index >= 15 is 0 Å². The first kappa shape index (κ1) is 12.5. The fourth-order valence-electron chi connectivity index (χ4n) is 3.80. The second-order valence-electron chi connectivity index (χ2n) is 5.79. The molecule has 1 heterocycles. The van der Waals surface area contributed by atoms with Crippen molar-refractivity contribution in [3.05, 3.63) is 78.1 Å². The Morgan fingerprint density at radius 3 is 2.52 bits per heavy atom. The molecule has 1 aliphatic carbocycles. The van der Waals surface area contributed by atoms with E-state index in [0.717, 1.165) is 12.4 Å². The fraction of sp³-hybridized carbons (Fsp3) is 0.263. The Kier molecular flexibility index (Phi) is 2.78. The van der Waals surface area contributed by atoms with Crippen LogP contribution in [0.15, 0.2) is 66.9 Å². The lowest BCUT2D eigenvalue weighted by atomic mass is 9.89. The third-order valence-electron chi connectivity index (χ3n) is 4.89. The lowest BCUT2D eigenvalue weighted by Gasteiger charge is -2.18. The number of rotatable bonds is 3. The third kappa shape index (κ3) is 1.79. The number of allylic oxidation sites excluding steroid dienone is 1. The highest BCUT2D eigenvalue weighted by atomic mass is 16.5. The van der Waals surface area contributed by atoms with Crippen LogP contribution in [0, 0.1) is 5.92 Å². The van der Waals surface area contributed by atoms with Crippen molar-refractivity contribution in [2.45, 2.75) is 11.3 Å². The molecule has 2 aromatic carbocycles. The molecule has 0 N–H and O–H groups in total. The lowest BCUT2D eigenvalue weighted by Crippen LogP contribution is -2.13. The van der Waals surface area contributed by atoms with Crippen LogP contribution in [0.1, 0.15) is 17.0 Å². The predicted molar refractivity (Wildman–Crippen MR) is 82.4 cm³/mol. The minimum absolute atomic E-state index is 0.0892. The summed E-state index contributed by atoms with van der Waals surface area (Å²) in [5.74, 6) is 1.93. The van der Waals surface area contributed by atoms with Gasteiger partial charge in [0.2, 0.25) is 0 Å². The maximum Gasteiger partial charge on any atom is 0.118 e. The Hall–Kier alpha value is -2.22. The van der Waals surface area contributed by atoms with Gasteiger partial charge in [-0.15, -0.1) is 0 Å². The Bertz CT molecular complexity index is 660. The molecule has 2 heteroatoms. The number of ether oxygens (including phenoxy) is 2. The van der Waals surface area contributed by atoms with E-state index in [2.05, 4.69) is 48.5 Å². The maximum absolute atomic E-state index is 5.56. The van der Waals surface area contributed by atoms with Crippen LogP contribution >= 0.6 is 0 Å². The summed E-state index contributed by atoms with van der Waals surface area (Å²) in [6.07, 6.45) is 4.10. The predicted octanol–water partition coefficient (Wildman–Crippen LogP) is 3.89. The molecule has 3 atom stereocenters. The summed E-state index contributed by atoms with van der Waals surface area (Å²) in [5.41, 5.74) is 2.83. The molecule has 0 bridgehead atoms. The van der Waals surface area contributed by atoms with Crippen molar-refractivity contribution in [3.63, 3.8) is 0 Å². The normalized spacial score (nSPS) is 29.4. The topological polar surface area (TPSA) is 18.5 Å². The van der Waals surface area contributed by atoms with Crippen molar-refractivity contribution in [3.8, 4) is 5.75 Å². The molecular formula is C19H18O2. The number of methoxy groups -OCH3 is 1. The largest absolute Gasteiger partial charge is 0.501 e. The van der Waals surface area contributed by atoms with Crippen LogP contribution in [-0.4, -0.2) is 13.7 Å². The van der Waals surface area contributed by atoms with Crippen molar-refractivity contribution in [2.24, 2.45) is 5.92 Å². The first-order chi connectivity index (χ1) is 10.4. The van der Waals surface area contributed by atoms with Crippen molar-refractivity contribution < 1.29 is 9.47 Å². The van der Waals surface area contributed by atoms with Crippen LogP contribution in [0.2, 0.25) is 0 Å². The van der Waals surface area contributed by atoms with E-state index < -0.39 is 0 Å². The van der Waals surface area contributed by atoms with E-state index in [9.17, 15) is 0 Å². The monoisotopic (exact) mass is 278 g/mol. The van der Waals surface area contributed by atoms with E-state index in [1.54, 1.807) is 7.11 Å². The Morgan fingerprint density at radius 1 is 1.05 bits per heavy atom. The minimum atomic E-state index is 0.0892. The van der Waals surface area contributed by atoms with Gasteiger partial charge in [-0.25, -0.2) is 0 Å². The molecule has 4 rings (SSSR count). The summed E-state index contributed by atoms with van der Waals surface area (Å²) in [4.78, 5) is 0. The highest BCUT2D eigenvalue weighted by molar-refractivity contribution is 5.52. The molecule has 1 fully saturated rings. The summed E-state index contributed by atoms with van der Waals surface area (Å²) >= 11 is 0. The summed E-state index contributed by atoms with van der Waals surface area (Å²) < 4.78 is 10.8. The number of benzene rings is 2. The van der Waals surface area contributed by atoms with Crippen molar-refractivity contribution in [2.75, 3.05) is 13.7 Å². The highest BCUT2D eigenvalue weighted by Gasteiger charge is 2.65. The molecule has 1 aliphatic heterocycles. The summed E-state index contributed by atoms with van der Waals surface area (Å²) in [6, 6.07) is 19.2. The Balaban J connectivity index is 1.76. The molecule has 2 aliphatic rings. The zero-order valence-corrected chi connectivity index (χ0v) is 12.0. The van der Waals surface area contributed by atoms with Gasteiger partial charge in [-0.1, -0.05) is 42.5 Å². The molecule has 21 heavy (non-hydrogen) atoms. The summed E-state index contributed by atoms with van der Waals surface area (Å²) in [6.45, 7) is 0.794. The van der Waals surface area contributed by atoms with Gasteiger partial charge in [0, 0.05) is 17.3 Å². The van der Waals surface area contributed by atoms with Crippen LogP contribution in [0.4, 0.5) is 0 Å². The molecule has 0 unspecified atom stereocenters. The molecule has 2 nitrogen and oxygen atoms in total. The van der Waals surface area contributed by atoms with Gasteiger partial charge in [0.15, 0.2) is 0 Å². The molecule has 106 valence electrons. The van der Waals surface area contributed by atoms with Crippen LogP contribution in [0.3, 0.4) is 0 Å². The average Bonchev–Trinajstić information content (AvgIpc) is 3.26. The SMILES string of the molecule is COc1ccc([C@@]23C=COC[C@@H]2[C@@H]3c2ccccc2)cc1. The smallest absolute Gasteiger partial charge is 0.118 e. The minimum Gasteiger partial charge on any atom is -0.501 e. The lowest BCUT2D eigenvalue weighted by molar-refractivity contribution is 0.212. The molecule has 0 saturated heterocycles. The van der Waals surface area contributed by atoms with Gasteiger partial charge < -0.3 is 9.47 Å². The molecule has 2 aromatic rings. The van der Waals surface area contributed by atoms with E-state index in [1.165, 1.54) is 11.1 Å². The maximum atomic E-state index is 5.56. The first-order valence-electron chi connectivity index (χ1n) is 7.35. The standard InChI is InChI=1S/C19H18O2/c1-20-16-9-7-15(8-10-16)19-11-12-21-13-17(19)18(19)14-5-3-2-4-6-14/h2-12,17-18H,13H2,1H3/t17-,18+,19+/m1/s1. The molecule has 0 amide bonds. The molecule has 0 spiro atoms. The zero-order valence-electron chi connectivity index (χ0n) is 12.0. The Morgan fingerprint density at radius 2 is 1.81 bits per heavy atom. The third-order valence-corrected chi connectivity index (χ3v) is 4.89. The van der Waals surface area contributed by atoms with Gasteiger partial charge in [-0.3, -0.25) is 0 Å². The summed E-state index contributed by atoms with van der Waals surface area (Å²) in [7, 11) is 1.70. The van der Waals surface area contributed by atoms with Crippen molar-refractivity contribution in [1.82, 2.24) is 0 Å². The first-order valence-corrected chi connectivity index (χ1v) is 7.35. The van der Waals surface area contributed by atoms with Gasteiger partial charge in [0.25, 0.3) is 0 Å². The van der Waals surface area contributed by atoms with Crippen LogP contribution in [-0.2, 0) is 10.2 Å². The van der Waals surface area contributed by atoms with Gasteiger partial charge in [-0.05, 0) is 29.3 Å². The summed E-state index contributed by atoms with van der Waals surface area (Å²) in [5, 5.41) is 0. The molecule has 0 aromatic heterocycles. The fourth-order valence-corrected chi connectivity index (χ4v) is 3.80. The van der Waals surface area contributed by atoms with Crippen molar-refractivity contribution >= 4 is 0 Å². The Labute approximate surface area is 125 Å². The van der Waals surface area contributed by atoms with Crippen LogP contribution in [0.5, 0.6) is 5.75 Å². The second-order valence-corrected chi connectivity index (χ2v) is 5.79. The number of fused-ring (bicyclic) bond motifs is 1. The molecular weight excluding hydrogens is 260 g/mol. The van der Waals surface area contributed by atoms with Gasteiger partial charge in [0.05, 0.1) is 20.0 Å². The van der Waals surface area contributed by atoms with Gasteiger partial charge in [0.1, 0.15) is 5.75 Å². The van der Waals surface area contributed by atoms with Gasteiger partial charge >= 0.3 is 0 Å². The number of hydrogen-bond acceptors (Lipinski definition) is 2. The van der Waals surface area contributed by atoms with Crippen LogP contribution in [0.25, 0.3) is 0 Å². The quantitative estimate of drug-likeness (QED) is 0.848. The number of hydrogen-bond donors (Lipinski definition) is 0. The highest BCUT2D eigenvalue weighted by Crippen LogP contribution is 2.67. The average molecular weight is 278 g/mol. The second kappa shape index (κ2) is 4.66. The van der Waals surface area contributed by atoms with Gasteiger partial charge in [-0.2, -0.15) is 0 Å². The van der Waals surface area contributed by atoms with Crippen LogP contribution < -0.4 is 4.74 Å². The van der Waals surface area contributed by atoms with E-state index in [0.29, 0.717) is 11.8 Å². The molecule has 1 saturated carbocycles. The van der Waals surface area contributed by atoms with E-state index in [-0.39, 0.29) is 5.41 Å². The van der Waals surface area contributed by atoms with E-state index in [1.807, 2.05) is 18.4 Å². The van der Waals surface area contributed by atoms with E-state index in [4.69, 9.17) is 9.47 Å². The zero-order chi connectivity index (χ0) is 14.3. The molecule has 0 radical (unpaired) electrons.